The molecule has 0 aliphatic carbocycles. The summed E-state index contributed by atoms with van der Waals surface area (Å²) in [6, 6.07) is 12.7. The number of halogens is 1. The van der Waals surface area contributed by atoms with Crippen LogP contribution in [-0.4, -0.2) is 33.2 Å². The number of hydrogen-bond donors (Lipinski definition) is 2. The lowest BCUT2D eigenvalue weighted by Crippen LogP contribution is -2.30. The summed E-state index contributed by atoms with van der Waals surface area (Å²) in [6.07, 6.45) is 3.41. The van der Waals surface area contributed by atoms with Crippen molar-refractivity contribution in [1.29, 1.82) is 0 Å². The topological polar surface area (TPSA) is 73.9 Å². The van der Waals surface area contributed by atoms with Gasteiger partial charge in [0.1, 0.15) is 0 Å². The van der Waals surface area contributed by atoms with Crippen molar-refractivity contribution < 1.29 is 4.79 Å². The molecular weight excluding hydrogens is 326 g/mol. The molecule has 0 atom stereocenters. The van der Waals surface area contributed by atoms with E-state index in [1.807, 2.05) is 24.3 Å². The number of pyridine rings is 1. The second-order valence-corrected chi connectivity index (χ2v) is 5.75. The number of anilines is 1. The zero-order chi connectivity index (χ0) is 16.9. The van der Waals surface area contributed by atoms with Gasteiger partial charge in [-0.1, -0.05) is 23.7 Å². The van der Waals surface area contributed by atoms with E-state index in [1.54, 1.807) is 42.5 Å². The van der Waals surface area contributed by atoms with Gasteiger partial charge in [-0.3, -0.25) is 15.4 Å². The molecule has 24 heavy (non-hydrogen) atoms. The van der Waals surface area contributed by atoms with Crippen molar-refractivity contribution >= 4 is 23.4 Å². The standard InChI is InChI=1S/C17H16ClN5O/c1-23(11-12-2-4-14(18)5-3-12)17(24)20-16-10-15(21-22-16)13-6-8-19-9-7-13/h2-10H,11H2,1H3,(H2,20,21,22,24). The average Bonchev–Trinajstić information content (AvgIpc) is 3.06. The molecule has 0 aliphatic rings. The van der Waals surface area contributed by atoms with Crippen molar-refractivity contribution in [2.24, 2.45) is 0 Å². The van der Waals surface area contributed by atoms with Crippen LogP contribution in [0.2, 0.25) is 5.02 Å². The fourth-order valence-corrected chi connectivity index (χ4v) is 2.33. The third-order valence-electron chi connectivity index (χ3n) is 3.48. The Morgan fingerprint density at radius 2 is 1.92 bits per heavy atom. The van der Waals surface area contributed by atoms with Crippen LogP contribution in [0.15, 0.2) is 54.9 Å². The quantitative estimate of drug-likeness (QED) is 0.758. The van der Waals surface area contributed by atoms with E-state index in [1.165, 1.54) is 0 Å². The molecule has 1 aromatic carbocycles. The molecule has 0 bridgehead atoms. The highest BCUT2D eigenvalue weighted by Gasteiger charge is 2.12. The third-order valence-corrected chi connectivity index (χ3v) is 3.74. The number of benzene rings is 1. The molecule has 0 unspecified atom stereocenters. The Morgan fingerprint density at radius 1 is 1.21 bits per heavy atom. The van der Waals surface area contributed by atoms with E-state index < -0.39 is 0 Å². The number of carbonyl (C=O) groups is 1. The predicted octanol–water partition coefficient (Wildman–Crippen LogP) is 3.79. The number of amides is 2. The molecule has 6 nitrogen and oxygen atoms in total. The van der Waals surface area contributed by atoms with E-state index in [0.717, 1.165) is 16.8 Å². The van der Waals surface area contributed by atoms with E-state index in [0.29, 0.717) is 17.4 Å². The first-order chi connectivity index (χ1) is 11.6. The van der Waals surface area contributed by atoms with E-state index in [9.17, 15) is 4.79 Å². The summed E-state index contributed by atoms with van der Waals surface area (Å²) in [5, 5.41) is 10.4. The highest BCUT2D eigenvalue weighted by Crippen LogP contribution is 2.19. The normalized spacial score (nSPS) is 10.4. The number of rotatable bonds is 4. The van der Waals surface area contributed by atoms with Gasteiger partial charge in [-0.05, 0) is 29.8 Å². The summed E-state index contributed by atoms with van der Waals surface area (Å²) in [6.45, 7) is 0.477. The van der Waals surface area contributed by atoms with Crippen LogP contribution in [0.25, 0.3) is 11.3 Å². The Morgan fingerprint density at radius 3 is 2.62 bits per heavy atom. The number of urea groups is 1. The maximum absolute atomic E-state index is 12.3. The second kappa shape index (κ2) is 7.14. The Labute approximate surface area is 144 Å². The van der Waals surface area contributed by atoms with Crippen LogP contribution in [0.1, 0.15) is 5.56 Å². The summed E-state index contributed by atoms with van der Waals surface area (Å²) >= 11 is 5.86. The van der Waals surface area contributed by atoms with Gasteiger partial charge in [0.2, 0.25) is 0 Å². The zero-order valence-corrected chi connectivity index (χ0v) is 13.8. The lowest BCUT2D eigenvalue weighted by molar-refractivity contribution is 0.220. The summed E-state index contributed by atoms with van der Waals surface area (Å²) in [4.78, 5) is 17.8. The maximum atomic E-state index is 12.3. The van der Waals surface area contributed by atoms with Gasteiger partial charge in [-0.25, -0.2) is 4.79 Å². The highest BCUT2D eigenvalue weighted by molar-refractivity contribution is 6.30. The lowest BCUT2D eigenvalue weighted by Gasteiger charge is -2.17. The second-order valence-electron chi connectivity index (χ2n) is 5.32. The van der Waals surface area contributed by atoms with Crippen molar-refractivity contribution in [3.63, 3.8) is 0 Å². The fraction of sp³-hybridized carbons (Fsp3) is 0.118. The minimum atomic E-state index is -0.238. The van der Waals surface area contributed by atoms with Crippen LogP contribution in [0.5, 0.6) is 0 Å². The molecule has 2 amide bonds. The van der Waals surface area contributed by atoms with Crippen LogP contribution in [0.4, 0.5) is 10.6 Å². The van der Waals surface area contributed by atoms with Crippen LogP contribution < -0.4 is 5.32 Å². The van der Waals surface area contributed by atoms with Gasteiger partial charge >= 0.3 is 6.03 Å². The van der Waals surface area contributed by atoms with E-state index in [2.05, 4.69) is 20.5 Å². The van der Waals surface area contributed by atoms with Crippen molar-refractivity contribution in [1.82, 2.24) is 20.1 Å². The van der Waals surface area contributed by atoms with Crippen LogP contribution in [0, 0.1) is 0 Å². The minimum Gasteiger partial charge on any atom is -0.323 e. The Bertz CT molecular complexity index is 817. The van der Waals surface area contributed by atoms with E-state index in [4.69, 9.17) is 11.6 Å². The van der Waals surface area contributed by atoms with Gasteiger partial charge < -0.3 is 4.90 Å². The van der Waals surface area contributed by atoms with Crippen molar-refractivity contribution in [3.8, 4) is 11.3 Å². The Hall–Kier alpha value is -2.86. The number of aromatic nitrogens is 3. The smallest absolute Gasteiger partial charge is 0.323 e. The van der Waals surface area contributed by atoms with Gasteiger partial charge in [0.05, 0.1) is 5.69 Å². The number of carbonyl (C=O) groups excluding carboxylic acids is 1. The maximum Gasteiger partial charge on any atom is 0.323 e. The molecule has 0 saturated heterocycles. The molecule has 7 heteroatoms. The molecule has 3 rings (SSSR count). The molecule has 2 aromatic heterocycles. The van der Waals surface area contributed by atoms with Crippen LogP contribution in [-0.2, 0) is 6.54 Å². The Balaban J connectivity index is 1.62. The number of H-pyrrole nitrogens is 1. The molecule has 2 heterocycles. The monoisotopic (exact) mass is 341 g/mol. The molecule has 0 radical (unpaired) electrons. The van der Waals surface area contributed by atoms with Crippen molar-refractivity contribution in [3.05, 3.63) is 65.4 Å². The number of nitrogens with zero attached hydrogens (tertiary/aromatic N) is 3. The summed E-state index contributed by atoms with van der Waals surface area (Å²) in [5.74, 6) is 0.467. The van der Waals surface area contributed by atoms with Crippen LogP contribution >= 0.6 is 11.6 Å². The first-order valence-corrected chi connectivity index (χ1v) is 7.72. The first-order valence-electron chi connectivity index (χ1n) is 7.34. The number of nitrogens with one attached hydrogen (secondary N) is 2. The van der Waals surface area contributed by atoms with Crippen molar-refractivity contribution in [2.75, 3.05) is 12.4 Å². The third kappa shape index (κ3) is 3.91. The van der Waals surface area contributed by atoms with Crippen molar-refractivity contribution in [2.45, 2.75) is 6.54 Å². The van der Waals surface area contributed by atoms with E-state index in [-0.39, 0.29) is 6.03 Å². The predicted molar refractivity (Wildman–Crippen MR) is 93.8 cm³/mol. The molecule has 3 aromatic rings. The Kier molecular flexibility index (Phi) is 4.77. The van der Waals surface area contributed by atoms with Gasteiger partial charge in [0.25, 0.3) is 0 Å². The molecule has 0 fully saturated rings. The highest BCUT2D eigenvalue weighted by atomic mass is 35.5. The van der Waals surface area contributed by atoms with Gasteiger partial charge in [-0.15, -0.1) is 0 Å². The SMILES string of the molecule is CN(Cc1ccc(Cl)cc1)C(=O)Nc1cc(-c2ccncc2)[nH]n1. The largest absolute Gasteiger partial charge is 0.323 e. The number of aromatic amines is 1. The van der Waals surface area contributed by atoms with E-state index >= 15 is 0 Å². The van der Waals surface area contributed by atoms with Gasteiger partial charge in [-0.2, -0.15) is 5.10 Å². The molecule has 2 N–H and O–H groups in total. The minimum absolute atomic E-state index is 0.238. The molecular formula is C17H16ClN5O. The summed E-state index contributed by atoms with van der Waals surface area (Å²) in [5.41, 5.74) is 2.76. The summed E-state index contributed by atoms with van der Waals surface area (Å²) in [7, 11) is 1.72. The zero-order valence-electron chi connectivity index (χ0n) is 13.0. The molecule has 0 saturated carbocycles. The van der Waals surface area contributed by atoms with Gasteiger partial charge in [0.15, 0.2) is 5.82 Å². The fourth-order valence-electron chi connectivity index (χ4n) is 2.21. The first kappa shape index (κ1) is 16.0. The lowest BCUT2D eigenvalue weighted by atomic mass is 10.2. The molecule has 0 aliphatic heterocycles. The molecule has 0 spiro atoms. The van der Waals surface area contributed by atoms with Gasteiger partial charge in [0, 0.05) is 42.6 Å². The summed E-state index contributed by atoms with van der Waals surface area (Å²) < 4.78 is 0. The van der Waals surface area contributed by atoms with Crippen LogP contribution in [0.3, 0.4) is 0 Å². The molecule has 122 valence electrons. The number of hydrogen-bond acceptors (Lipinski definition) is 3. The average molecular weight is 342 g/mol.